The Morgan fingerprint density at radius 1 is 1.14 bits per heavy atom. The number of hydrogen-bond acceptors (Lipinski definition) is 4. The van der Waals surface area contributed by atoms with Crippen molar-refractivity contribution in [2.24, 2.45) is 5.92 Å². The Morgan fingerprint density at radius 3 is 2.38 bits per heavy atom. The van der Waals surface area contributed by atoms with E-state index in [0.717, 1.165) is 44.4 Å². The van der Waals surface area contributed by atoms with Gasteiger partial charge in [-0.3, -0.25) is 14.3 Å². The minimum Gasteiger partial charge on any atom is -0.267 e. The monoisotopic (exact) mass is 318 g/mol. The molecule has 0 aliphatic heterocycles. The Bertz CT molecular complexity index is 385. The van der Waals surface area contributed by atoms with Gasteiger partial charge in [0.2, 0.25) is 17.3 Å². The molecular formula is C14H26N2O4S. The van der Waals surface area contributed by atoms with Crippen LogP contribution in [-0.2, 0) is 15.4 Å². The summed E-state index contributed by atoms with van der Waals surface area (Å²) < 4.78 is 19.7. The average Bonchev–Trinajstić information content (AvgIpc) is 2.47. The van der Waals surface area contributed by atoms with Gasteiger partial charge in [0.1, 0.15) is 6.10 Å². The van der Waals surface area contributed by atoms with E-state index < -0.39 is 23.4 Å². The predicted molar refractivity (Wildman–Crippen MR) is 81.4 cm³/mol. The SMILES string of the molecule is CC1CCC(N(C)S(=O)OC2CCCCC2[N+](=O)[O-])CC1. The first-order chi connectivity index (χ1) is 9.99. The molecule has 0 bridgehead atoms. The molecule has 0 amide bonds. The number of rotatable bonds is 5. The molecule has 0 spiro atoms. The van der Waals surface area contributed by atoms with Gasteiger partial charge in [0.05, 0.1) is 0 Å². The molecule has 3 atom stereocenters. The third-order valence-electron chi connectivity index (χ3n) is 4.88. The summed E-state index contributed by atoms with van der Waals surface area (Å²) in [5.41, 5.74) is 0. The Kier molecular flexibility index (Phi) is 6.13. The van der Waals surface area contributed by atoms with Gasteiger partial charge in [0, 0.05) is 24.4 Å². The van der Waals surface area contributed by atoms with E-state index in [2.05, 4.69) is 6.92 Å². The molecule has 0 aromatic heterocycles. The summed E-state index contributed by atoms with van der Waals surface area (Å²) in [6.07, 6.45) is 6.75. The summed E-state index contributed by atoms with van der Waals surface area (Å²) in [6.45, 7) is 2.24. The van der Waals surface area contributed by atoms with Crippen molar-refractivity contribution in [3.63, 3.8) is 0 Å². The third kappa shape index (κ3) is 4.47. The zero-order chi connectivity index (χ0) is 15.4. The highest BCUT2D eigenvalue weighted by Crippen LogP contribution is 2.29. The summed E-state index contributed by atoms with van der Waals surface area (Å²) in [5.74, 6) is 0.737. The van der Waals surface area contributed by atoms with E-state index in [0.29, 0.717) is 12.8 Å². The highest BCUT2D eigenvalue weighted by Gasteiger charge is 2.37. The molecular weight excluding hydrogens is 292 g/mol. The van der Waals surface area contributed by atoms with Gasteiger partial charge in [-0.2, -0.15) is 0 Å². The highest BCUT2D eigenvalue weighted by atomic mass is 32.2. The average molecular weight is 318 g/mol. The molecule has 0 radical (unpaired) electrons. The maximum atomic E-state index is 12.4. The lowest BCUT2D eigenvalue weighted by Gasteiger charge is -2.33. The van der Waals surface area contributed by atoms with Crippen LogP contribution < -0.4 is 0 Å². The molecule has 21 heavy (non-hydrogen) atoms. The molecule has 0 heterocycles. The van der Waals surface area contributed by atoms with Crippen LogP contribution in [0.1, 0.15) is 58.3 Å². The Balaban J connectivity index is 1.88. The van der Waals surface area contributed by atoms with Crippen LogP contribution in [0.2, 0.25) is 0 Å². The minimum absolute atomic E-state index is 0.264. The van der Waals surface area contributed by atoms with E-state index in [1.165, 1.54) is 0 Å². The van der Waals surface area contributed by atoms with Gasteiger partial charge in [0.15, 0.2) is 0 Å². The van der Waals surface area contributed by atoms with Crippen LogP contribution >= 0.6 is 0 Å². The fraction of sp³-hybridized carbons (Fsp3) is 1.00. The molecule has 3 unspecified atom stereocenters. The summed E-state index contributed by atoms with van der Waals surface area (Å²) >= 11 is -1.58. The van der Waals surface area contributed by atoms with E-state index in [1.54, 1.807) is 11.4 Å². The summed E-state index contributed by atoms with van der Waals surface area (Å²) in [4.78, 5) is 10.8. The van der Waals surface area contributed by atoms with Crippen LogP contribution in [0.25, 0.3) is 0 Å². The maximum Gasteiger partial charge on any atom is 0.240 e. The molecule has 0 N–H and O–H groups in total. The van der Waals surface area contributed by atoms with Gasteiger partial charge in [-0.1, -0.05) is 13.3 Å². The van der Waals surface area contributed by atoms with Crippen molar-refractivity contribution < 1.29 is 13.3 Å². The van der Waals surface area contributed by atoms with Crippen molar-refractivity contribution in [3.05, 3.63) is 10.1 Å². The maximum absolute atomic E-state index is 12.4. The standard InChI is InChI=1S/C14H26N2O4S/c1-11-7-9-12(10-8-11)15(2)21(19)20-14-6-4-3-5-13(14)16(17)18/h11-14H,3-10H2,1-2H3. The fourth-order valence-electron chi connectivity index (χ4n) is 3.33. The zero-order valence-corrected chi connectivity index (χ0v) is 13.7. The molecule has 2 aliphatic rings. The molecule has 122 valence electrons. The van der Waals surface area contributed by atoms with E-state index in [9.17, 15) is 14.3 Å². The van der Waals surface area contributed by atoms with Crippen LogP contribution in [0.15, 0.2) is 0 Å². The van der Waals surface area contributed by atoms with Crippen molar-refractivity contribution in [3.8, 4) is 0 Å². The van der Waals surface area contributed by atoms with Crippen molar-refractivity contribution in [1.82, 2.24) is 4.31 Å². The predicted octanol–water partition coefficient (Wildman–Crippen LogP) is 2.68. The first-order valence-electron chi connectivity index (χ1n) is 7.94. The normalized spacial score (nSPS) is 35.6. The molecule has 0 aromatic rings. The molecule has 7 heteroatoms. The summed E-state index contributed by atoms with van der Waals surface area (Å²) in [7, 11) is 1.81. The van der Waals surface area contributed by atoms with Crippen LogP contribution in [0.5, 0.6) is 0 Å². The number of nitrogens with zero attached hydrogens (tertiary/aromatic N) is 2. The molecule has 0 aromatic carbocycles. The summed E-state index contributed by atoms with van der Waals surface area (Å²) in [5, 5.41) is 11.1. The van der Waals surface area contributed by atoms with Crippen molar-refractivity contribution >= 4 is 11.3 Å². The van der Waals surface area contributed by atoms with Crippen LogP contribution in [-0.4, -0.2) is 38.7 Å². The minimum atomic E-state index is -1.58. The first kappa shape index (κ1) is 16.8. The van der Waals surface area contributed by atoms with Crippen LogP contribution in [0.3, 0.4) is 0 Å². The number of hydrogen-bond donors (Lipinski definition) is 0. The lowest BCUT2D eigenvalue weighted by atomic mass is 9.87. The largest absolute Gasteiger partial charge is 0.267 e. The smallest absolute Gasteiger partial charge is 0.240 e. The second-order valence-electron chi connectivity index (χ2n) is 6.45. The Morgan fingerprint density at radius 2 is 1.76 bits per heavy atom. The van der Waals surface area contributed by atoms with Gasteiger partial charge in [-0.05, 0) is 44.4 Å². The van der Waals surface area contributed by atoms with E-state index in [4.69, 9.17) is 4.18 Å². The summed E-state index contributed by atoms with van der Waals surface area (Å²) in [6, 6.07) is -0.442. The molecule has 6 nitrogen and oxygen atoms in total. The lowest BCUT2D eigenvalue weighted by molar-refractivity contribution is -0.536. The van der Waals surface area contributed by atoms with E-state index in [-0.39, 0.29) is 11.0 Å². The molecule has 2 fully saturated rings. The Labute approximate surface area is 129 Å². The van der Waals surface area contributed by atoms with E-state index in [1.807, 2.05) is 0 Å². The van der Waals surface area contributed by atoms with Crippen molar-refractivity contribution in [2.75, 3.05) is 7.05 Å². The molecule has 2 aliphatic carbocycles. The molecule has 2 saturated carbocycles. The quantitative estimate of drug-likeness (QED) is 0.577. The van der Waals surface area contributed by atoms with Crippen molar-refractivity contribution in [1.29, 1.82) is 0 Å². The van der Waals surface area contributed by atoms with Gasteiger partial charge >= 0.3 is 0 Å². The van der Waals surface area contributed by atoms with Crippen LogP contribution in [0.4, 0.5) is 0 Å². The molecule has 2 rings (SSSR count). The lowest BCUT2D eigenvalue weighted by Crippen LogP contribution is -2.43. The zero-order valence-electron chi connectivity index (χ0n) is 12.9. The first-order valence-corrected chi connectivity index (χ1v) is 8.97. The van der Waals surface area contributed by atoms with Crippen LogP contribution in [0, 0.1) is 16.0 Å². The molecule has 0 saturated heterocycles. The highest BCUT2D eigenvalue weighted by molar-refractivity contribution is 7.77. The van der Waals surface area contributed by atoms with Crippen molar-refractivity contribution in [2.45, 2.75) is 76.5 Å². The Hall–Kier alpha value is -0.530. The number of nitro groups is 1. The fourth-order valence-corrected chi connectivity index (χ4v) is 4.36. The van der Waals surface area contributed by atoms with Gasteiger partial charge in [0.25, 0.3) is 0 Å². The van der Waals surface area contributed by atoms with Gasteiger partial charge in [-0.15, -0.1) is 0 Å². The topological polar surface area (TPSA) is 72.7 Å². The third-order valence-corrected chi connectivity index (χ3v) is 6.06. The van der Waals surface area contributed by atoms with Gasteiger partial charge in [-0.25, -0.2) is 8.51 Å². The second kappa shape index (κ2) is 7.65. The van der Waals surface area contributed by atoms with E-state index >= 15 is 0 Å². The van der Waals surface area contributed by atoms with Gasteiger partial charge < -0.3 is 0 Å². The second-order valence-corrected chi connectivity index (χ2v) is 7.65.